The van der Waals surface area contributed by atoms with Crippen LogP contribution in [0, 0.1) is 0 Å². The standard InChI is InChI=1S/C32H40N2O3/c1-4-32(31(35)37-5-2,28-12-7-6-8-13-28)19-10-20-33-21-23-34(24-22-33)29-17-15-26(16-18-29)27-11-9-14-30(25-27)36-3/h6-9,11-18,25H,4-5,10,19-24H2,1-3H3. The molecule has 3 aromatic carbocycles. The fraction of sp³-hybridized carbons (Fsp3) is 0.406. The van der Waals surface area contributed by atoms with Gasteiger partial charge >= 0.3 is 5.97 Å². The van der Waals surface area contributed by atoms with E-state index in [0.29, 0.717) is 6.61 Å². The van der Waals surface area contributed by atoms with Crippen LogP contribution in [0.25, 0.3) is 11.1 Å². The normalized spacial score (nSPS) is 15.7. The van der Waals surface area contributed by atoms with Crippen molar-refractivity contribution in [3.05, 3.63) is 84.4 Å². The van der Waals surface area contributed by atoms with Crippen LogP contribution in [0.2, 0.25) is 0 Å². The molecule has 196 valence electrons. The number of methoxy groups -OCH3 is 1. The van der Waals surface area contributed by atoms with Gasteiger partial charge in [-0.25, -0.2) is 0 Å². The van der Waals surface area contributed by atoms with E-state index in [1.807, 2.05) is 37.3 Å². The van der Waals surface area contributed by atoms with Crippen molar-refractivity contribution in [2.45, 2.75) is 38.5 Å². The van der Waals surface area contributed by atoms with Crippen LogP contribution in [0.3, 0.4) is 0 Å². The van der Waals surface area contributed by atoms with E-state index in [1.165, 1.54) is 11.3 Å². The SMILES string of the molecule is CCOC(=O)C(CC)(CCCN1CCN(c2ccc(-c3cccc(OC)c3)cc2)CC1)c1ccccc1. The number of esters is 1. The summed E-state index contributed by atoms with van der Waals surface area (Å²) in [7, 11) is 1.70. The first-order chi connectivity index (χ1) is 18.1. The van der Waals surface area contributed by atoms with E-state index in [4.69, 9.17) is 9.47 Å². The van der Waals surface area contributed by atoms with Gasteiger partial charge in [-0.1, -0.05) is 61.5 Å². The summed E-state index contributed by atoms with van der Waals surface area (Å²) in [6, 6.07) is 27.2. The highest BCUT2D eigenvalue weighted by Gasteiger charge is 2.39. The molecule has 37 heavy (non-hydrogen) atoms. The Balaban J connectivity index is 1.31. The molecule has 0 saturated carbocycles. The maximum atomic E-state index is 13.1. The van der Waals surface area contributed by atoms with Gasteiger partial charge in [0.05, 0.1) is 19.1 Å². The quantitative estimate of drug-likeness (QED) is 0.294. The lowest BCUT2D eigenvalue weighted by Crippen LogP contribution is -2.47. The van der Waals surface area contributed by atoms with Crippen molar-refractivity contribution in [2.75, 3.05) is 51.3 Å². The number of nitrogens with zero attached hydrogens (tertiary/aromatic N) is 2. The summed E-state index contributed by atoms with van der Waals surface area (Å²) < 4.78 is 10.9. The van der Waals surface area contributed by atoms with Gasteiger partial charge < -0.3 is 14.4 Å². The molecule has 0 aromatic heterocycles. The maximum Gasteiger partial charge on any atom is 0.316 e. The molecular formula is C32H40N2O3. The number of piperazine rings is 1. The van der Waals surface area contributed by atoms with Gasteiger partial charge in [-0.3, -0.25) is 9.69 Å². The maximum absolute atomic E-state index is 13.1. The molecule has 1 saturated heterocycles. The van der Waals surface area contributed by atoms with Crippen LogP contribution in [0.4, 0.5) is 5.69 Å². The lowest BCUT2D eigenvalue weighted by molar-refractivity contribution is -0.150. The first-order valence-electron chi connectivity index (χ1n) is 13.5. The van der Waals surface area contributed by atoms with E-state index >= 15 is 0 Å². The van der Waals surface area contributed by atoms with Gasteiger partial charge in [0.2, 0.25) is 0 Å². The van der Waals surface area contributed by atoms with Crippen molar-refractivity contribution in [3.63, 3.8) is 0 Å². The molecule has 1 fully saturated rings. The number of benzene rings is 3. The molecular weight excluding hydrogens is 460 g/mol. The van der Waals surface area contributed by atoms with E-state index < -0.39 is 5.41 Å². The van der Waals surface area contributed by atoms with Crippen LogP contribution < -0.4 is 9.64 Å². The highest BCUT2D eigenvalue weighted by molar-refractivity contribution is 5.83. The van der Waals surface area contributed by atoms with Gasteiger partial charge in [0.15, 0.2) is 0 Å². The highest BCUT2D eigenvalue weighted by Crippen LogP contribution is 2.35. The zero-order valence-corrected chi connectivity index (χ0v) is 22.5. The molecule has 1 atom stereocenters. The zero-order valence-electron chi connectivity index (χ0n) is 22.5. The minimum Gasteiger partial charge on any atom is -0.497 e. The van der Waals surface area contributed by atoms with Gasteiger partial charge in [0, 0.05) is 31.9 Å². The Kier molecular flexibility index (Phi) is 9.24. The number of hydrogen-bond acceptors (Lipinski definition) is 5. The Bertz CT molecular complexity index is 1120. The van der Waals surface area contributed by atoms with Crippen LogP contribution in [-0.2, 0) is 14.9 Å². The zero-order chi connectivity index (χ0) is 26.1. The summed E-state index contributed by atoms with van der Waals surface area (Å²) in [4.78, 5) is 18.1. The molecule has 0 aliphatic carbocycles. The number of carbonyl (C=O) groups excluding carboxylic acids is 1. The summed E-state index contributed by atoms with van der Waals surface area (Å²) in [5.74, 6) is 0.783. The van der Waals surface area contributed by atoms with Crippen LogP contribution >= 0.6 is 0 Å². The molecule has 5 heteroatoms. The van der Waals surface area contributed by atoms with Crippen molar-refractivity contribution >= 4 is 11.7 Å². The second kappa shape index (κ2) is 12.8. The second-order valence-corrected chi connectivity index (χ2v) is 9.73. The third-order valence-corrected chi connectivity index (χ3v) is 7.68. The first-order valence-corrected chi connectivity index (χ1v) is 13.5. The number of rotatable bonds is 11. The van der Waals surface area contributed by atoms with Crippen LogP contribution in [-0.4, -0.2) is 57.3 Å². The van der Waals surface area contributed by atoms with Crippen molar-refractivity contribution in [3.8, 4) is 16.9 Å². The van der Waals surface area contributed by atoms with Crippen molar-refractivity contribution in [1.82, 2.24) is 4.90 Å². The van der Waals surface area contributed by atoms with E-state index in [-0.39, 0.29) is 5.97 Å². The van der Waals surface area contributed by atoms with Gasteiger partial charge in [0.25, 0.3) is 0 Å². The molecule has 3 aromatic rings. The van der Waals surface area contributed by atoms with Crippen LogP contribution in [0.15, 0.2) is 78.9 Å². The summed E-state index contributed by atoms with van der Waals surface area (Å²) in [5.41, 5.74) is 4.13. The molecule has 1 unspecified atom stereocenters. The summed E-state index contributed by atoms with van der Waals surface area (Å²) in [5, 5.41) is 0. The van der Waals surface area contributed by atoms with Crippen molar-refractivity contribution < 1.29 is 14.3 Å². The van der Waals surface area contributed by atoms with Crippen molar-refractivity contribution in [1.29, 1.82) is 0 Å². The largest absolute Gasteiger partial charge is 0.497 e. The predicted molar refractivity (Wildman–Crippen MR) is 151 cm³/mol. The minimum absolute atomic E-state index is 0.0917. The van der Waals surface area contributed by atoms with E-state index in [9.17, 15) is 4.79 Å². The fourth-order valence-corrected chi connectivity index (χ4v) is 5.42. The summed E-state index contributed by atoms with van der Waals surface area (Å²) >= 11 is 0. The molecule has 0 radical (unpaired) electrons. The Hall–Kier alpha value is -3.31. The lowest BCUT2D eigenvalue weighted by Gasteiger charge is -2.37. The molecule has 4 rings (SSSR count). The first kappa shape index (κ1) is 26.7. The highest BCUT2D eigenvalue weighted by atomic mass is 16.5. The average molecular weight is 501 g/mol. The van der Waals surface area contributed by atoms with Gasteiger partial charge in [0.1, 0.15) is 5.75 Å². The topological polar surface area (TPSA) is 42.0 Å². The smallest absolute Gasteiger partial charge is 0.316 e. The molecule has 5 nitrogen and oxygen atoms in total. The third-order valence-electron chi connectivity index (χ3n) is 7.68. The van der Waals surface area contributed by atoms with Gasteiger partial charge in [-0.2, -0.15) is 0 Å². The number of ether oxygens (including phenoxy) is 2. The fourth-order valence-electron chi connectivity index (χ4n) is 5.42. The van der Waals surface area contributed by atoms with Crippen molar-refractivity contribution in [2.24, 2.45) is 0 Å². The monoisotopic (exact) mass is 500 g/mol. The lowest BCUT2D eigenvalue weighted by atomic mass is 9.74. The molecule has 0 bridgehead atoms. The van der Waals surface area contributed by atoms with Gasteiger partial charge in [-0.05, 0) is 73.7 Å². The minimum atomic E-state index is -0.566. The summed E-state index contributed by atoms with van der Waals surface area (Å²) in [6.45, 7) is 9.47. The Labute approximate surface area is 222 Å². The second-order valence-electron chi connectivity index (χ2n) is 9.73. The molecule has 1 aliphatic heterocycles. The number of hydrogen-bond donors (Lipinski definition) is 0. The van der Waals surface area contributed by atoms with E-state index in [0.717, 1.165) is 68.9 Å². The molecule has 0 spiro atoms. The molecule has 1 aliphatic rings. The predicted octanol–water partition coefficient (Wildman–Crippen LogP) is 6.18. The number of anilines is 1. The summed E-state index contributed by atoms with van der Waals surface area (Å²) in [6.07, 6.45) is 2.52. The molecule has 0 N–H and O–H groups in total. The Morgan fingerprint density at radius 1 is 0.865 bits per heavy atom. The van der Waals surface area contributed by atoms with Gasteiger partial charge in [-0.15, -0.1) is 0 Å². The average Bonchev–Trinajstić information content (AvgIpc) is 2.96. The van der Waals surface area contributed by atoms with Crippen LogP contribution in [0.1, 0.15) is 38.7 Å². The Morgan fingerprint density at radius 2 is 1.59 bits per heavy atom. The van der Waals surface area contributed by atoms with E-state index in [2.05, 4.69) is 65.3 Å². The van der Waals surface area contributed by atoms with E-state index in [1.54, 1.807) is 7.11 Å². The molecule has 0 amide bonds. The number of carbonyl (C=O) groups is 1. The third kappa shape index (κ3) is 6.34. The molecule has 1 heterocycles. The Morgan fingerprint density at radius 3 is 2.24 bits per heavy atom. The van der Waals surface area contributed by atoms with Crippen LogP contribution in [0.5, 0.6) is 5.75 Å².